The van der Waals surface area contributed by atoms with Crippen LogP contribution in [0, 0.1) is 0 Å². The number of ether oxygens (including phenoxy) is 1. The summed E-state index contributed by atoms with van der Waals surface area (Å²) >= 11 is 0. The topological polar surface area (TPSA) is 64.1 Å². The fourth-order valence-corrected chi connectivity index (χ4v) is 1.37. The molecule has 0 unspecified atom stereocenters. The molecule has 0 saturated carbocycles. The van der Waals surface area contributed by atoms with Crippen LogP contribution >= 0.6 is 0 Å². The van der Waals surface area contributed by atoms with Crippen LogP contribution in [-0.2, 0) is 4.74 Å². The van der Waals surface area contributed by atoms with Gasteiger partial charge in [0.1, 0.15) is 5.82 Å². The van der Waals surface area contributed by atoms with Crippen LogP contribution in [0.5, 0.6) is 0 Å². The number of hydrogen-bond donors (Lipinski definition) is 1. The minimum atomic E-state index is -0.476. The molecule has 0 aliphatic heterocycles. The van der Waals surface area contributed by atoms with Crippen LogP contribution in [-0.4, -0.2) is 28.6 Å². The van der Waals surface area contributed by atoms with E-state index in [1.807, 2.05) is 0 Å². The Hall–Kier alpha value is -1.65. The molecule has 1 aromatic rings. The summed E-state index contributed by atoms with van der Waals surface area (Å²) in [5.74, 6) is 0.120. The van der Waals surface area contributed by atoms with Crippen LogP contribution in [0.3, 0.4) is 0 Å². The quantitative estimate of drug-likeness (QED) is 0.796. The molecule has 1 N–H and O–H groups in total. The van der Waals surface area contributed by atoms with E-state index >= 15 is 0 Å². The van der Waals surface area contributed by atoms with Crippen molar-refractivity contribution >= 4 is 11.8 Å². The second-order valence-electron chi connectivity index (χ2n) is 4.17. The van der Waals surface area contributed by atoms with Crippen LogP contribution in [0.1, 0.15) is 44.1 Å². The molecule has 0 aromatic carbocycles. The number of rotatable bonds is 5. The van der Waals surface area contributed by atoms with Gasteiger partial charge in [0, 0.05) is 5.54 Å². The molecule has 5 heteroatoms. The lowest BCUT2D eigenvalue weighted by molar-refractivity contribution is 0.0593. The van der Waals surface area contributed by atoms with Gasteiger partial charge in [0.25, 0.3) is 0 Å². The molecule has 0 spiro atoms. The molecule has 0 radical (unpaired) electrons. The van der Waals surface area contributed by atoms with Crippen LogP contribution < -0.4 is 5.32 Å². The van der Waals surface area contributed by atoms with Gasteiger partial charge in [0.15, 0.2) is 5.69 Å². The van der Waals surface area contributed by atoms with Crippen LogP contribution in [0.2, 0.25) is 0 Å². The Balaban J connectivity index is 2.89. The maximum atomic E-state index is 11.3. The van der Waals surface area contributed by atoms with Gasteiger partial charge in [-0.25, -0.2) is 9.78 Å². The number of aromatic nitrogens is 2. The van der Waals surface area contributed by atoms with Gasteiger partial charge in [-0.3, -0.25) is 4.98 Å². The fraction of sp³-hybridized carbons (Fsp3) is 0.583. The molecule has 1 rings (SSSR count). The fourth-order valence-electron chi connectivity index (χ4n) is 1.37. The van der Waals surface area contributed by atoms with Gasteiger partial charge in [-0.2, -0.15) is 0 Å². The Bertz CT molecular complexity index is 389. The van der Waals surface area contributed by atoms with Crippen molar-refractivity contribution < 1.29 is 9.53 Å². The molecule has 0 aliphatic carbocycles. The minimum absolute atomic E-state index is 0.0383. The SMILES string of the molecule is CCC(C)(CC)Nc1cncc(C(=O)OC)n1. The second-order valence-corrected chi connectivity index (χ2v) is 4.17. The van der Waals surface area contributed by atoms with Gasteiger partial charge in [-0.05, 0) is 19.8 Å². The summed E-state index contributed by atoms with van der Waals surface area (Å²) in [6.45, 7) is 6.32. The van der Waals surface area contributed by atoms with E-state index in [9.17, 15) is 4.79 Å². The van der Waals surface area contributed by atoms with Crippen molar-refractivity contribution in [2.24, 2.45) is 0 Å². The Morgan fingerprint density at radius 3 is 2.59 bits per heavy atom. The summed E-state index contributed by atoms with van der Waals surface area (Å²) in [6.07, 6.45) is 4.93. The summed E-state index contributed by atoms with van der Waals surface area (Å²) in [5, 5.41) is 3.29. The molecule has 0 amide bonds. The number of anilines is 1. The van der Waals surface area contributed by atoms with E-state index in [1.54, 1.807) is 6.20 Å². The highest BCUT2D eigenvalue weighted by Crippen LogP contribution is 2.19. The molecule has 94 valence electrons. The predicted octanol–water partition coefficient (Wildman–Crippen LogP) is 2.25. The lowest BCUT2D eigenvalue weighted by atomic mass is 9.96. The van der Waals surface area contributed by atoms with Crippen molar-refractivity contribution in [1.82, 2.24) is 9.97 Å². The second kappa shape index (κ2) is 5.61. The zero-order valence-corrected chi connectivity index (χ0v) is 10.8. The average Bonchev–Trinajstić information content (AvgIpc) is 2.38. The highest BCUT2D eigenvalue weighted by Gasteiger charge is 2.20. The van der Waals surface area contributed by atoms with Crippen LogP contribution in [0.15, 0.2) is 12.4 Å². The summed E-state index contributed by atoms with van der Waals surface area (Å²) in [5.41, 5.74) is 0.177. The van der Waals surface area contributed by atoms with Crippen molar-refractivity contribution in [2.45, 2.75) is 39.2 Å². The third-order valence-electron chi connectivity index (χ3n) is 3.02. The molecule has 1 aromatic heterocycles. The summed E-state index contributed by atoms with van der Waals surface area (Å²) < 4.78 is 4.60. The highest BCUT2D eigenvalue weighted by atomic mass is 16.5. The monoisotopic (exact) mass is 237 g/mol. The van der Waals surface area contributed by atoms with Gasteiger partial charge in [-0.1, -0.05) is 13.8 Å². The molecule has 0 fully saturated rings. The zero-order valence-electron chi connectivity index (χ0n) is 10.8. The third kappa shape index (κ3) is 3.41. The number of nitrogens with zero attached hydrogens (tertiary/aromatic N) is 2. The average molecular weight is 237 g/mol. The highest BCUT2D eigenvalue weighted by molar-refractivity contribution is 5.87. The van der Waals surface area contributed by atoms with E-state index in [2.05, 4.69) is 40.8 Å². The molecule has 5 nitrogen and oxygen atoms in total. The Morgan fingerprint density at radius 2 is 2.06 bits per heavy atom. The summed E-state index contributed by atoms with van der Waals surface area (Å²) in [4.78, 5) is 19.5. The number of hydrogen-bond acceptors (Lipinski definition) is 5. The lowest BCUT2D eigenvalue weighted by Crippen LogP contribution is -2.33. The van der Waals surface area contributed by atoms with E-state index in [1.165, 1.54) is 13.3 Å². The number of esters is 1. The largest absolute Gasteiger partial charge is 0.464 e. The van der Waals surface area contributed by atoms with Crippen molar-refractivity contribution in [3.05, 3.63) is 18.1 Å². The zero-order chi connectivity index (χ0) is 12.9. The van der Waals surface area contributed by atoms with E-state index in [-0.39, 0.29) is 11.2 Å². The maximum absolute atomic E-state index is 11.3. The molecule has 17 heavy (non-hydrogen) atoms. The number of carbonyl (C=O) groups excluding carboxylic acids is 1. The van der Waals surface area contributed by atoms with Crippen LogP contribution in [0.25, 0.3) is 0 Å². The molecule has 0 aliphatic rings. The molecule has 0 atom stereocenters. The van der Waals surface area contributed by atoms with Crippen molar-refractivity contribution in [3.8, 4) is 0 Å². The Kier molecular flexibility index (Phi) is 4.43. The number of nitrogens with one attached hydrogen (secondary N) is 1. The van der Waals surface area contributed by atoms with Gasteiger partial charge in [0.2, 0.25) is 0 Å². The number of carbonyl (C=O) groups is 1. The van der Waals surface area contributed by atoms with Crippen molar-refractivity contribution in [2.75, 3.05) is 12.4 Å². The van der Waals surface area contributed by atoms with E-state index in [0.29, 0.717) is 5.82 Å². The smallest absolute Gasteiger partial charge is 0.358 e. The Morgan fingerprint density at radius 1 is 1.41 bits per heavy atom. The normalized spacial score (nSPS) is 11.1. The van der Waals surface area contributed by atoms with E-state index < -0.39 is 5.97 Å². The van der Waals surface area contributed by atoms with E-state index in [0.717, 1.165) is 12.8 Å². The van der Waals surface area contributed by atoms with Crippen LogP contribution in [0.4, 0.5) is 5.82 Å². The first kappa shape index (κ1) is 13.4. The first-order valence-corrected chi connectivity index (χ1v) is 5.73. The molecule has 1 heterocycles. The first-order chi connectivity index (χ1) is 8.04. The number of methoxy groups -OCH3 is 1. The van der Waals surface area contributed by atoms with Crippen molar-refractivity contribution in [1.29, 1.82) is 0 Å². The third-order valence-corrected chi connectivity index (χ3v) is 3.02. The maximum Gasteiger partial charge on any atom is 0.358 e. The van der Waals surface area contributed by atoms with Gasteiger partial charge >= 0.3 is 5.97 Å². The molecular weight excluding hydrogens is 218 g/mol. The summed E-state index contributed by atoms with van der Waals surface area (Å²) in [7, 11) is 1.33. The first-order valence-electron chi connectivity index (χ1n) is 5.73. The Labute approximate surface area is 102 Å². The van der Waals surface area contributed by atoms with Crippen molar-refractivity contribution in [3.63, 3.8) is 0 Å². The minimum Gasteiger partial charge on any atom is -0.464 e. The predicted molar refractivity (Wildman–Crippen MR) is 66.0 cm³/mol. The molecule has 0 saturated heterocycles. The van der Waals surface area contributed by atoms with Gasteiger partial charge in [-0.15, -0.1) is 0 Å². The van der Waals surface area contributed by atoms with E-state index in [4.69, 9.17) is 0 Å². The molecule has 0 bridgehead atoms. The van der Waals surface area contributed by atoms with Gasteiger partial charge < -0.3 is 10.1 Å². The van der Waals surface area contributed by atoms with Gasteiger partial charge in [0.05, 0.1) is 19.5 Å². The molecular formula is C12H19N3O2. The summed E-state index contributed by atoms with van der Waals surface area (Å²) in [6, 6.07) is 0. The standard InChI is InChI=1S/C12H19N3O2/c1-5-12(3,6-2)15-10-8-13-7-9(14-10)11(16)17-4/h7-8H,5-6H2,1-4H3,(H,14,15). The lowest BCUT2D eigenvalue weighted by Gasteiger charge is -2.28.